The SMILES string of the molecule is CCOC(=O)C1N=C2C=CC=CC2C2OCCC12. The Bertz CT molecular complexity index is 438. The Morgan fingerprint density at radius 1 is 1.56 bits per heavy atom. The van der Waals surface area contributed by atoms with Crippen molar-refractivity contribution in [2.45, 2.75) is 25.5 Å². The molecule has 2 heterocycles. The molecular formula is C14H17NO3. The van der Waals surface area contributed by atoms with Crippen LogP contribution in [0.15, 0.2) is 29.3 Å². The number of carbonyl (C=O) groups excluding carboxylic acids is 1. The average Bonchev–Trinajstić information content (AvgIpc) is 2.87. The Morgan fingerprint density at radius 3 is 3.28 bits per heavy atom. The standard InChI is InChI=1S/C14H17NO3/c1-2-17-14(16)12-10-7-8-18-13(10)9-5-3-4-6-11(9)15-12/h3-6,9-10,12-13H,2,7-8H2,1H3. The van der Waals surface area contributed by atoms with Crippen LogP contribution in [0.5, 0.6) is 0 Å². The molecule has 96 valence electrons. The largest absolute Gasteiger partial charge is 0.464 e. The van der Waals surface area contributed by atoms with Crippen LogP contribution in [-0.2, 0) is 14.3 Å². The van der Waals surface area contributed by atoms with Gasteiger partial charge in [-0.15, -0.1) is 0 Å². The minimum absolute atomic E-state index is 0.0770. The second-order valence-electron chi connectivity index (χ2n) is 4.81. The second-order valence-corrected chi connectivity index (χ2v) is 4.81. The molecule has 0 amide bonds. The molecule has 0 saturated carbocycles. The van der Waals surface area contributed by atoms with Crippen molar-refractivity contribution in [1.82, 2.24) is 0 Å². The van der Waals surface area contributed by atoms with E-state index in [4.69, 9.17) is 9.47 Å². The van der Waals surface area contributed by atoms with Crippen LogP contribution in [0.3, 0.4) is 0 Å². The van der Waals surface area contributed by atoms with Crippen LogP contribution in [0.4, 0.5) is 0 Å². The number of fused-ring (bicyclic) bond motifs is 3. The molecule has 18 heavy (non-hydrogen) atoms. The molecule has 0 N–H and O–H groups in total. The van der Waals surface area contributed by atoms with Gasteiger partial charge in [-0.1, -0.05) is 18.2 Å². The molecule has 4 heteroatoms. The van der Waals surface area contributed by atoms with E-state index < -0.39 is 0 Å². The first-order valence-corrected chi connectivity index (χ1v) is 6.52. The highest BCUT2D eigenvalue weighted by atomic mass is 16.5. The highest BCUT2D eigenvalue weighted by Gasteiger charge is 2.47. The number of allylic oxidation sites excluding steroid dienone is 3. The van der Waals surface area contributed by atoms with Gasteiger partial charge in [0, 0.05) is 24.2 Å². The molecule has 0 aromatic carbocycles. The van der Waals surface area contributed by atoms with Gasteiger partial charge in [0.05, 0.1) is 12.7 Å². The third kappa shape index (κ3) is 1.81. The molecule has 0 aromatic heterocycles. The summed E-state index contributed by atoms with van der Waals surface area (Å²) in [5.74, 6) is 0.147. The van der Waals surface area contributed by atoms with Crippen molar-refractivity contribution in [1.29, 1.82) is 0 Å². The van der Waals surface area contributed by atoms with Crippen molar-refractivity contribution >= 4 is 11.7 Å². The fourth-order valence-electron chi connectivity index (χ4n) is 3.00. The first kappa shape index (κ1) is 11.7. The van der Waals surface area contributed by atoms with Gasteiger partial charge in [0.1, 0.15) is 0 Å². The van der Waals surface area contributed by atoms with E-state index >= 15 is 0 Å². The maximum atomic E-state index is 12.0. The maximum absolute atomic E-state index is 12.0. The Morgan fingerprint density at radius 2 is 2.44 bits per heavy atom. The number of hydrogen-bond donors (Lipinski definition) is 0. The normalized spacial score (nSPS) is 36.8. The van der Waals surface area contributed by atoms with Gasteiger partial charge in [0.25, 0.3) is 0 Å². The monoisotopic (exact) mass is 247 g/mol. The third-order valence-corrected chi connectivity index (χ3v) is 3.80. The predicted octanol–water partition coefficient (Wildman–Crippen LogP) is 1.52. The van der Waals surface area contributed by atoms with E-state index in [0.717, 1.165) is 12.1 Å². The zero-order chi connectivity index (χ0) is 12.5. The van der Waals surface area contributed by atoms with Gasteiger partial charge in [-0.3, -0.25) is 4.99 Å². The number of hydrogen-bond acceptors (Lipinski definition) is 4. The molecule has 2 aliphatic heterocycles. The van der Waals surface area contributed by atoms with Crippen molar-refractivity contribution in [3.8, 4) is 0 Å². The van der Waals surface area contributed by atoms with Crippen LogP contribution < -0.4 is 0 Å². The van der Waals surface area contributed by atoms with Gasteiger partial charge in [-0.05, 0) is 19.4 Å². The quantitative estimate of drug-likeness (QED) is 0.695. The van der Waals surface area contributed by atoms with E-state index in [1.807, 2.05) is 25.2 Å². The summed E-state index contributed by atoms with van der Waals surface area (Å²) in [5.41, 5.74) is 0.943. The van der Waals surface area contributed by atoms with E-state index in [1.165, 1.54) is 0 Å². The maximum Gasteiger partial charge on any atom is 0.331 e. The van der Waals surface area contributed by atoms with Gasteiger partial charge in [0.2, 0.25) is 0 Å². The van der Waals surface area contributed by atoms with Crippen molar-refractivity contribution in [2.75, 3.05) is 13.2 Å². The van der Waals surface area contributed by atoms with Crippen LogP contribution in [0.2, 0.25) is 0 Å². The van der Waals surface area contributed by atoms with Crippen molar-refractivity contribution in [2.24, 2.45) is 16.8 Å². The smallest absolute Gasteiger partial charge is 0.331 e. The van der Waals surface area contributed by atoms with Crippen molar-refractivity contribution < 1.29 is 14.3 Å². The molecule has 4 unspecified atom stereocenters. The molecule has 4 atom stereocenters. The first-order chi connectivity index (χ1) is 8.81. The lowest BCUT2D eigenvalue weighted by Crippen LogP contribution is -2.45. The summed E-state index contributed by atoms with van der Waals surface area (Å²) in [6, 6.07) is -0.389. The van der Waals surface area contributed by atoms with E-state index in [1.54, 1.807) is 0 Å². The number of nitrogens with zero attached hydrogens (tertiary/aromatic N) is 1. The highest BCUT2D eigenvalue weighted by Crippen LogP contribution is 2.38. The second kappa shape index (κ2) is 4.69. The molecule has 0 bridgehead atoms. The molecule has 1 saturated heterocycles. The number of carbonyl (C=O) groups is 1. The molecule has 1 fully saturated rings. The highest BCUT2D eigenvalue weighted by molar-refractivity contribution is 6.02. The predicted molar refractivity (Wildman–Crippen MR) is 67.5 cm³/mol. The first-order valence-electron chi connectivity index (χ1n) is 6.52. The van der Waals surface area contributed by atoms with E-state index in [2.05, 4.69) is 11.1 Å². The summed E-state index contributed by atoms with van der Waals surface area (Å²) in [7, 11) is 0. The summed E-state index contributed by atoms with van der Waals surface area (Å²) in [4.78, 5) is 16.6. The number of ether oxygens (including phenoxy) is 2. The van der Waals surface area contributed by atoms with E-state index in [9.17, 15) is 4.79 Å². The molecule has 1 aliphatic carbocycles. The molecule has 0 spiro atoms. The minimum Gasteiger partial charge on any atom is -0.464 e. The summed E-state index contributed by atoms with van der Waals surface area (Å²) in [6.07, 6.45) is 9.02. The molecule has 0 radical (unpaired) electrons. The van der Waals surface area contributed by atoms with E-state index in [-0.39, 0.29) is 30.0 Å². The number of aliphatic imine (C=N–C) groups is 1. The fourth-order valence-corrected chi connectivity index (χ4v) is 3.00. The lowest BCUT2D eigenvalue weighted by Gasteiger charge is -2.34. The van der Waals surface area contributed by atoms with Crippen LogP contribution in [0, 0.1) is 11.8 Å². The molecule has 3 rings (SSSR count). The molecule has 4 nitrogen and oxygen atoms in total. The number of esters is 1. The molecule has 3 aliphatic rings. The average molecular weight is 247 g/mol. The van der Waals surface area contributed by atoms with Crippen molar-refractivity contribution in [3.63, 3.8) is 0 Å². The molecular weight excluding hydrogens is 230 g/mol. The van der Waals surface area contributed by atoms with Crippen molar-refractivity contribution in [3.05, 3.63) is 24.3 Å². The minimum atomic E-state index is -0.389. The van der Waals surface area contributed by atoms with Gasteiger partial charge < -0.3 is 9.47 Å². The topological polar surface area (TPSA) is 47.9 Å². The summed E-state index contributed by atoms with van der Waals surface area (Å²) in [6.45, 7) is 2.93. The third-order valence-electron chi connectivity index (χ3n) is 3.80. The summed E-state index contributed by atoms with van der Waals surface area (Å²) >= 11 is 0. The lowest BCUT2D eigenvalue weighted by atomic mass is 9.78. The molecule has 0 aromatic rings. The lowest BCUT2D eigenvalue weighted by molar-refractivity contribution is -0.146. The van der Waals surface area contributed by atoms with Gasteiger partial charge in [0.15, 0.2) is 6.04 Å². The summed E-state index contributed by atoms with van der Waals surface area (Å²) < 4.78 is 10.9. The van der Waals surface area contributed by atoms with Crippen LogP contribution in [-0.4, -0.2) is 37.0 Å². The Hall–Kier alpha value is -1.42. The fraction of sp³-hybridized carbons (Fsp3) is 0.571. The Balaban J connectivity index is 1.92. The van der Waals surface area contributed by atoms with Crippen LogP contribution in [0.25, 0.3) is 0 Å². The Labute approximate surface area is 106 Å². The van der Waals surface area contributed by atoms with Crippen LogP contribution in [0.1, 0.15) is 13.3 Å². The Kier molecular flexibility index (Phi) is 3.04. The zero-order valence-electron chi connectivity index (χ0n) is 10.4. The van der Waals surface area contributed by atoms with Gasteiger partial charge >= 0.3 is 5.97 Å². The number of rotatable bonds is 2. The summed E-state index contributed by atoms with van der Waals surface area (Å²) in [5, 5.41) is 0. The van der Waals surface area contributed by atoms with Gasteiger partial charge in [-0.2, -0.15) is 0 Å². The zero-order valence-corrected chi connectivity index (χ0v) is 10.4. The van der Waals surface area contributed by atoms with Crippen LogP contribution >= 0.6 is 0 Å². The van der Waals surface area contributed by atoms with E-state index in [0.29, 0.717) is 13.2 Å². The van der Waals surface area contributed by atoms with Gasteiger partial charge in [-0.25, -0.2) is 4.79 Å².